The van der Waals surface area contributed by atoms with Crippen LogP contribution in [0.25, 0.3) is 0 Å². The van der Waals surface area contributed by atoms with Crippen LogP contribution in [-0.2, 0) is 14.2 Å². The number of methoxy groups -OCH3 is 1. The van der Waals surface area contributed by atoms with Crippen LogP contribution in [0.5, 0.6) is 0 Å². The lowest BCUT2D eigenvalue weighted by Gasteiger charge is -2.49. The Morgan fingerprint density at radius 2 is 1.46 bits per heavy atom. The van der Waals surface area contributed by atoms with E-state index < -0.39 is 0 Å². The molecule has 3 aliphatic carbocycles. The van der Waals surface area contributed by atoms with Crippen LogP contribution in [0.4, 0.5) is 0 Å². The van der Waals surface area contributed by atoms with Gasteiger partial charge in [-0.2, -0.15) is 0 Å². The normalized spacial score (nSPS) is 39.2. The van der Waals surface area contributed by atoms with Crippen molar-refractivity contribution in [2.75, 3.05) is 7.11 Å². The molecule has 0 radical (unpaired) electrons. The third-order valence-corrected chi connectivity index (χ3v) is 8.34. The monoisotopic (exact) mass is 394 g/mol. The van der Waals surface area contributed by atoms with E-state index in [1.165, 1.54) is 70.6 Å². The van der Waals surface area contributed by atoms with Crippen molar-refractivity contribution in [3.05, 3.63) is 0 Å². The molecule has 0 heterocycles. The molecule has 164 valence electrons. The van der Waals surface area contributed by atoms with Crippen LogP contribution < -0.4 is 0 Å². The number of rotatable bonds is 7. The van der Waals surface area contributed by atoms with Gasteiger partial charge in [0.05, 0.1) is 29.0 Å². The van der Waals surface area contributed by atoms with Crippen LogP contribution in [-0.4, -0.2) is 36.1 Å². The molecular formula is C25H46O3. The average Bonchev–Trinajstić information content (AvgIpc) is 2.68. The van der Waals surface area contributed by atoms with Gasteiger partial charge in [0.1, 0.15) is 0 Å². The Morgan fingerprint density at radius 1 is 0.821 bits per heavy atom. The van der Waals surface area contributed by atoms with Crippen LogP contribution in [0.3, 0.4) is 0 Å². The zero-order chi connectivity index (χ0) is 20.3. The Hall–Kier alpha value is -0.120. The minimum atomic E-state index is -0.00199. The van der Waals surface area contributed by atoms with Gasteiger partial charge in [-0.25, -0.2) is 0 Å². The van der Waals surface area contributed by atoms with Crippen molar-refractivity contribution in [1.82, 2.24) is 0 Å². The van der Waals surface area contributed by atoms with Crippen molar-refractivity contribution < 1.29 is 14.2 Å². The minimum Gasteiger partial charge on any atom is -0.378 e. The molecule has 4 atom stereocenters. The van der Waals surface area contributed by atoms with Gasteiger partial charge in [-0.1, -0.05) is 40.0 Å². The van der Waals surface area contributed by atoms with E-state index in [0.29, 0.717) is 18.1 Å². The third-order valence-electron chi connectivity index (χ3n) is 8.34. The molecule has 3 aliphatic rings. The standard InChI is InChI=1S/C25H46O3/c1-6-24(28-22-13-11-17-25(19-22,26-5)20(2)3)16-10-12-21(18-24)27-23(4)14-8-7-9-15-23/h20-22H,6-19H2,1-5H3/t21-,22-,24?,25?/m0/s1. The van der Waals surface area contributed by atoms with Crippen molar-refractivity contribution in [3.8, 4) is 0 Å². The fraction of sp³-hybridized carbons (Fsp3) is 1.00. The summed E-state index contributed by atoms with van der Waals surface area (Å²) in [6.45, 7) is 9.28. The molecule has 0 aliphatic heterocycles. The highest BCUT2D eigenvalue weighted by atomic mass is 16.5. The van der Waals surface area contributed by atoms with Crippen LogP contribution in [0.1, 0.15) is 118 Å². The van der Waals surface area contributed by atoms with Gasteiger partial charge in [0.2, 0.25) is 0 Å². The fourth-order valence-corrected chi connectivity index (χ4v) is 6.32. The minimum absolute atomic E-state index is 0.00199. The average molecular weight is 395 g/mol. The number of hydrogen-bond acceptors (Lipinski definition) is 3. The van der Waals surface area contributed by atoms with E-state index >= 15 is 0 Å². The molecule has 0 saturated heterocycles. The van der Waals surface area contributed by atoms with Crippen molar-refractivity contribution >= 4 is 0 Å². The highest BCUT2D eigenvalue weighted by Gasteiger charge is 2.45. The molecule has 3 heteroatoms. The van der Waals surface area contributed by atoms with Gasteiger partial charge in [0, 0.05) is 20.0 Å². The summed E-state index contributed by atoms with van der Waals surface area (Å²) >= 11 is 0. The van der Waals surface area contributed by atoms with Gasteiger partial charge in [-0.3, -0.25) is 0 Å². The first-order chi connectivity index (χ1) is 13.3. The fourth-order valence-electron chi connectivity index (χ4n) is 6.32. The van der Waals surface area contributed by atoms with Gasteiger partial charge in [-0.15, -0.1) is 0 Å². The maximum atomic E-state index is 6.97. The van der Waals surface area contributed by atoms with Crippen molar-refractivity contribution in [2.45, 2.75) is 147 Å². The molecule has 3 fully saturated rings. The molecular weight excluding hydrogens is 348 g/mol. The lowest BCUT2D eigenvalue weighted by Crippen LogP contribution is -2.50. The van der Waals surface area contributed by atoms with E-state index in [-0.39, 0.29) is 16.8 Å². The summed E-state index contributed by atoms with van der Waals surface area (Å²) in [5, 5.41) is 0. The second-order valence-corrected chi connectivity index (χ2v) is 10.6. The highest BCUT2D eigenvalue weighted by molar-refractivity contribution is 4.95. The summed E-state index contributed by atoms with van der Waals surface area (Å²) in [6.07, 6.45) is 17.6. The second-order valence-electron chi connectivity index (χ2n) is 10.6. The Balaban J connectivity index is 1.63. The van der Waals surface area contributed by atoms with Gasteiger partial charge >= 0.3 is 0 Å². The SMILES string of the molecule is CCC1(O[C@H]2CCCC(OC)(C(C)C)C2)CCC[C@H](OC2(C)CCCCC2)C1. The van der Waals surface area contributed by atoms with Crippen LogP contribution in [0, 0.1) is 5.92 Å². The lowest BCUT2D eigenvalue weighted by atomic mass is 9.74. The predicted molar refractivity (Wildman–Crippen MR) is 116 cm³/mol. The van der Waals surface area contributed by atoms with Crippen LogP contribution in [0.15, 0.2) is 0 Å². The number of hydrogen-bond donors (Lipinski definition) is 0. The van der Waals surface area contributed by atoms with E-state index in [0.717, 1.165) is 19.3 Å². The summed E-state index contributed by atoms with van der Waals surface area (Å²) in [6, 6.07) is 0. The molecule has 0 bridgehead atoms. The van der Waals surface area contributed by atoms with Gasteiger partial charge in [0.25, 0.3) is 0 Å². The molecule has 0 amide bonds. The van der Waals surface area contributed by atoms with E-state index in [4.69, 9.17) is 14.2 Å². The van der Waals surface area contributed by atoms with E-state index in [9.17, 15) is 0 Å². The smallest absolute Gasteiger partial charge is 0.0726 e. The predicted octanol–water partition coefficient (Wildman–Crippen LogP) is 6.82. The van der Waals surface area contributed by atoms with E-state index in [1.54, 1.807) is 0 Å². The second kappa shape index (κ2) is 9.35. The van der Waals surface area contributed by atoms with Crippen molar-refractivity contribution in [3.63, 3.8) is 0 Å². The Morgan fingerprint density at radius 3 is 2.07 bits per heavy atom. The number of ether oxygens (including phenoxy) is 3. The zero-order valence-electron chi connectivity index (χ0n) is 19.4. The topological polar surface area (TPSA) is 27.7 Å². The first-order valence-electron chi connectivity index (χ1n) is 12.3. The largest absolute Gasteiger partial charge is 0.378 e. The molecule has 0 N–H and O–H groups in total. The zero-order valence-corrected chi connectivity index (χ0v) is 19.4. The molecule has 3 rings (SSSR count). The summed E-state index contributed by atoms with van der Waals surface area (Å²) < 4.78 is 19.8. The molecule has 0 aromatic heterocycles. The maximum absolute atomic E-state index is 6.97. The lowest BCUT2D eigenvalue weighted by molar-refractivity contribution is -0.198. The van der Waals surface area contributed by atoms with E-state index in [2.05, 4.69) is 27.7 Å². The van der Waals surface area contributed by atoms with Crippen LogP contribution >= 0.6 is 0 Å². The Kier molecular flexibility index (Phi) is 7.53. The maximum Gasteiger partial charge on any atom is 0.0726 e. The molecule has 28 heavy (non-hydrogen) atoms. The van der Waals surface area contributed by atoms with Gasteiger partial charge in [0.15, 0.2) is 0 Å². The molecule has 2 unspecified atom stereocenters. The Labute approximate surface area is 174 Å². The molecule has 3 nitrogen and oxygen atoms in total. The molecule has 0 aromatic carbocycles. The highest BCUT2D eigenvalue weighted by Crippen LogP contribution is 2.44. The summed E-state index contributed by atoms with van der Waals surface area (Å²) in [5.41, 5.74) is 0.109. The summed E-state index contributed by atoms with van der Waals surface area (Å²) in [7, 11) is 1.90. The first kappa shape index (κ1) is 22.6. The Bertz CT molecular complexity index is 484. The first-order valence-corrected chi connectivity index (χ1v) is 12.3. The van der Waals surface area contributed by atoms with Crippen molar-refractivity contribution in [1.29, 1.82) is 0 Å². The molecule has 0 spiro atoms. The quantitative estimate of drug-likeness (QED) is 0.474. The van der Waals surface area contributed by atoms with E-state index in [1.807, 2.05) is 7.11 Å². The molecule has 3 saturated carbocycles. The molecule has 0 aromatic rings. The summed E-state index contributed by atoms with van der Waals surface area (Å²) in [4.78, 5) is 0. The summed E-state index contributed by atoms with van der Waals surface area (Å²) in [5.74, 6) is 0.537. The van der Waals surface area contributed by atoms with Crippen molar-refractivity contribution in [2.24, 2.45) is 5.92 Å². The van der Waals surface area contributed by atoms with Gasteiger partial charge in [-0.05, 0) is 70.6 Å². The third kappa shape index (κ3) is 5.13. The van der Waals surface area contributed by atoms with Crippen LogP contribution in [0.2, 0.25) is 0 Å². The van der Waals surface area contributed by atoms with Gasteiger partial charge < -0.3 is 14.2 Å².